The highest BCUT2D eigenvalue weighted by atomic mass is 16.5. The largest absolute Gasteiger partial charge is 0.452 e. The highest BCUT2D eigenvalue weighted by Gasteiger charge is 2.54. The zero-order valence-electron chi connectivity index (χ0n) is 17.0. The van der Waals surface area contributed by atoms with E-state index in [0.29, 0.717) is 17.8 Å². The first kappa shape index (κ1) is 19.9. The summed E-state index contributed by atoms with van der Waals surface area (Å²) in [6.45, 7) is 2.23. The van der Waals surface area contributed by atoms with Gasteiger partial charge in [0.15, 0.2) is 6.61 Å². The summed E-state index contributed by atoms with van der Waals surface area (Å²) < 4.78 is 5.03. The maximum absolute atomic E-state index is 13.1. The molecule has 156 valence electrons. The van der Waals surface area contributed by atoms with E-state index in [1.807, 2.05) is 6.92 Å². The van der Waals surface area contributed by atoms with Crippen LogP contribution in [0.3, 0.4) is 0 Å². The molecule has 0 radical (unpaired) electrons. The minimum Gasteiger partial charge on any atom is -0.452 e. The van der Waals surface area contributed by atoms with Crippen LogP contribution in [-0.4, -0.2) is 30.9 Å². The van der Waals surface area contributed by atoms with Gasteiger partial charge in [-0.25, -0.2) is 4.79 Å². The Kier molecular flexibility index (Phi) is 5.61. The van der Waals surface area contributed by atoms with Crippen molar-refractivity contribution in [1.82, 2.24) is 5.32 Å². The number of nitrogens with one attached hydrogen (secondary N) is 2. The number of esters is 1. The molecule has 0 saturated heterocycles. The van der Waals surface area contributed by atoms with Gasteiger partial charge < -0.3 is 15.4 Å². The second-order valence-electron chi connectivity index (χ2n) is 9.16. The van der Waals surface area contributed by atoms with Gasteiger partial charge in [-0.1, -0.05) is 6.92 Å². The fourth-order valence-electron chi connectivity index (χ4n) is 5.87. The van der Waals surface area contributed by atoms with Crippen molar-refractivity contribution < 1.29 is 19.1 Å². The number of amides is 2. The predicted molar refractivity (Wildman–Crippen MR) is 109 cm³/mol. The van der Waals surface area contributed by atoms with Crippen molar-refractivity contribution in [3.8, 4) is 0 Å². The van der Waals surface area contributed by atoms with Crippen molar-refractivity contribution in [2.24, 2.45) is 23.2 Å². The summed E-state index contributed by atoms with van der Waals surface area (Å²) in [4.78, 5) is 36.7. The van der Waals surface area contributed by atoms with E-state index in [9.17, 15) is 14.4 Å². The van der Waals surface area contributed by atoms with Crippen LogP contribution in [0, 0.1) is 23.2 Å². The molecule has 4 aliphatic carbocycles. The third-order valence-electron chi connectivity index (χ3n) is 6.80. The first-order chi connectivity index (χ1) is 14.0. The molecule has 29 heavy (non-hydrogen) atoms. The third-order valence-corrected chi connectivity index (χ3v) is 6.80. The lowest BCUT2D eigenvalue weighted by Crippen LogP contribution is -2.51. The van der Waals surface area contributed by atoms with Crippen molar-refractivity contribution in [1.29, 1.82) is 0 Å². The van der Waals surface area contributed by atoms with Crippen molar-refractivity contribution in [2.45, 2.75) is 51.9 Å². The van der Waals surface area contributed by atoms with Crippen LogP contribution in [0.5, 0.6) is 0 Å². The minimum atomic E-state index is -0.546. The van der Waals surface area contributed by atoms with Crippen LogP contribution >= 0.6 is 0 Å². The van der Waals surface area contributed by atoms with Gasteiger partial charge in [-0.15, -0.1) is 0 Å². The maximum atomic E-state index is 13.1. The molecular formula is C23H30N2O4. The summed E-state index contributed by atoms with van der Waals surface area (Å²) in [6, 6.07) is 6.71. The Morgan fingerprint density at radius 2 is 1.59 bits per heavy atom. The van der Waals surface area contributed by atoms with E-state index in [2.05, 4.69) is 10.6 Å². The Morgan fingerprint density at radius 3 is 2.14 bits per heavy atom. The molecule has 4 aliphatic rings. The maximum Gasteiger partial charge on any atom is 0.338 e. The highest BCUT2D eigenvalue weighted by Crippen LogP contribution is 2.60. The van der Waals surface area contributed by atoms with Crippen LogP contribution in [0.1, 0.15) is 62.2 Å². The molecule has 0 aromatic heterocycles. The van der Waals surface area contributed by atoms with E-state index in [1.165, 1.54) is 19.3 Å². The zero-order chi connectivity index (χ0) is 20.4. The van der Waals surface area contributed by atoms with Crippen LogP contribution in [0.15, 0.2) is 24.3 Å². The molecule has 4 fully saturated rings. The van der Waals surface area contributed by atoms with Crippen LogP contribution in [0.2, 0.25) is 0 Å². The molecule has 0 unspecified atom stereocenters. The van der Waals surface area contributed by atoms with Gasteiger partial charge in [0.25, 0.3) is 5.91 Å². The average molecular weight is 399 g/mol. The van der Waals surface area contributed by atoms with Gasteiger partial charge in [-0.2, -0.15) is 0 Å². The van der Waals surface area contributed by atoms with Crippen LogP contribution in [0.4, 0.5) is 5.69 Å². The Bertz CT molecular complexity index is 751. The van der Waals surface area contributed by atoms with E-state index >= 15 is 0 Å². The first-order valence-corrected chi connectivity index (χ1v) is 10.8. The van der Waals surface area contributed by atoms with E-state index in [0.717, 1.165) is 43.4 Å². The van der Waals surface area contributed by atoms with Gasteiger partial charge in [0.1, 0.15) is 0 Å². The number of anilines is 1. The summed E-state index contributed by atoms with van der Waals surface area (Å²) in [7, 11) is 0. The van der Waals surface area contributed by atoms with Gasteiger partial charge in [-0.05, 0) is 87.0 Å². The fraction of sp³-hybridized carbons (Fsp3) is 0.609. The summed E-state index contributed by atoms with van der Waals surface area (Å²) in [5.74, 6) is 1.45. The van der Waals surface area contributed by atoms with Crippen molar-refractivity contribution in [3.05, 3.63) is 29.8 Å². The number of benzene rings is 1. The standard InChI is InChI=1S/C23H30N2O4/c1-2-7-24-20(26)14-29-21(27)18-3-5-19(6-4-18)25-22(28)23-11-15-8-16(12-23)10-17(9-15)13-23/h3-6,15-17H,2,7-14H2,1H3,(H,24,26)(H,25,28). The summed E-state index contributed by atoms with van der Waals surface area (Å²) in [5, 5.41) is 5.74. The van der Waals surface area contributed by atoms with Gasteiger partial charge >= 0.3 is 5.97 Å². The van der Waals surface area contributed by atoms with Crippen LogP contribution in [0.25, 0.3) is 0 Å². The molecule has 4 saturated carbocycles. The lowest BCUT2D eigenvalue weighted by molar-refractivity contribution is -0.140. The van der Waals surface area contributed by atoms with Gasteiger partial charge in [0.05, 0.1) is 11.0 Å². The highest BCUT2D eigenvalue weighted by molar-refractivity contribution is 5.96. The van der Waals surface area contributed by atoms with Crippen molar-refractivity contribution in [2.75, 3.05) is 18.5 Å². The molecule has 1 aromatic carbocycles. The number of carbonyl (C=O) groups is 3. The molecule has 0 aliphatic heterocycles. The van der Waals surface area contributed by atoms with E-state index in [4.69, 9.17) is 4.74 Å². The van der Waals surface area contributed by atoms with Crippen molar-refractivity contribution in [3.63, 3.8) is 0 Å². The molecule has 0 heterocycles. The second kappa shape index (κ2) is 8.17. The quantitative estimate of drug-likeness (QED) is 0.688. The van der Waals surface area contributed by atoms with E-state index in [1.54, 1.807) is 24.3 Å². The number of hydrogen-bond acceptors (Lipinski definition) is 4. The van der Waals surface area contributed by atoms with E-state index in [-0.39, 0.29) is 23.8 Å². The molecule has 0 atom stereocenters. The number of carbonyl (C=O) groups excluding carboxylic acids is 3. The van der Waals surface area contributed by atoms with Crippen LogP contribution < -0.4 is 10.6 Å². The molecule has 6 heteroatoms. The number of hydrogen-bond donors (Lipinski definition) is 2. The predicted octanol–water partition coefficient (Wildman–Crippen LogP) is 3.52. The zero-order valence-corrected chi connectivity index (χ0v) is 17.0. The van der Waals surface area contributed by atoms with Crippen molar-refractivity contribution >= 4 is 23.5 Å². The Labute approximate surface area is 171 Å². The molecule has 6 nitrogen and oxygen atoms in total. The summed E-state index contributed by atoms with van der Waals surface area (Å²) in [5.41, 5.74) is 0.863. The average Bonchev–Trinajstić information content (AvgIpc) is 2.70. The Morgan fingerprint density at radius 1 is 1.00 bits per heavy atom. The normalized spacial score (nSPS) is 29.3. The molecular weight excluding hydrogens is 368 g/mol. The smallest absolute Gasteiger partial charge is 0.338 e. The van der Waals surface area contributed by atoms with E-state index < -0.39 is 5.97 Å². The molecule has 1 aromatic rings. The number of ether oxygens (including phenoxy) is 1. The molecule has 4 bridgehead atoms. The summed E-state index contributed by atoms with van der Waals surface area (Å²) >= 11 is 0. The first-order valence-electron chi connectivity index (χ1n) is 10.8. The number of rotatable bonds is 7. The Hall–Kier alpha value is -2.37. The van der Waals surface area contributed by atoms with Gasteiger partial charge in [-0.3, -0.25) is 9.59 Å². The second-order valence-corrected chi connectivity index (χ2v) is 9.16. The third kappa shape index (κ3) is 4.31. The fourth-order valence-corrected chi connectivity index (χ4v) is 5.87. The molecule has 5 rings (SSSR count). The topological polar surface area (TPSA) is 84.5 Å². The Balaban J connectivity index is 1.32. The lowest BCUT2D eigenvalue weighted by Gasteiger charge is -2.55. The van der Waals surface area contributed by atoms with Gasteiger partial charge in [0, 0.05) is 12.2 Å². The monoisotopic (exact) mass is 398 g/mol. The SMILES string of the molecule is CCCNC(=O)COC(=O)c1ccc(NC(=O)C23CC4CC(CC(C4)C2)C3)cc1. The minimum absolute atomic E-state index is 0.138. The molecule has 2 amide bonds. The summed E-state index contributed by atoms with van der Waals surface area (Å²) in [6.07, 6.45) is 7.82. The molecule has 2 N–H and O–H groups in total. The van der Waals surface area contributed by atoms with Crippen LogP contribution in [-0.2, 0) is 14.3 Å². The van der Waals surface area contributed by atoms with Gasteiger partial charge in [0.2, 0.25) is 5.91 Å². The molecule has 0 spiro atoms. The lowest BCUT2D eigenvalue weighted by atomic mass is 9.49.